The molecule has 6 atom stereocenters. The van der Waals surface area contributed by atoms with E-state index in [-0.39, 0.29) is 29.7 Å². The average molecular weight is 594 g/mol. The number of aromatic hydroxyl groups is 1. The molecule has 0 aromatic heterocycles. The predicted molar refractivity (Wildman–Crippen MR) is 157 cm³/mol. The van der Waals surface area contributed by atoms with E-state index in [0.717, 1.165) is 0 Å². The number of hydrogen-bond donors (Lipinski definition) is 7. The van der Waals surface area contributed by atoms with Crippen molar-refractivity contribution in [2.24, 2.45) is 23.5 Å². The lowest BCUT2D eigenvalue weighted by atomic mass is 9.54. The highest BCUT2D eigenvalue weighted by Gasteiger charge is 2.67. The largest absolute Gasteiger partial charge is 0.507 e. The summed E-state index contributed by atoms with van der Waals surface area (Å²) in [6.45, 7) is 0. The van der Waals surface area contributed by atoms with Gasteiger partial charge in [0, 0.05) is 43.0 Å². The number of fused-ring (bicyclic) bond motifs is 3. The monoisotopic (exact) mass is 593 g/mol. The van der Waals surface area contributed by atoms with Gasteiger partial charge in [-0.1, -0.05) is 18.2 Å². The van der Waals surface area contributed by atoms with Crippen LogP contribution in [0.1, 0.15) is 17.5 Å². The molecule has 13 heteroatoms. The van der Waals surface area contributed by atoms with Gasteiger partial charge < -0.3 is 46.6 Å². The molecule has 3 amide bonds. The number of aliphatic hydroxyl groups excluding tert-OH is 2. The Kier molecular flexibility index (Phi) is 7.45. The van der Waals surface area contributed by atoms with Crippen molar-refractivity contribution < 1.29 is 39.6 Å². The lowest BCUT2D eigenvalue weighted by Crippen LogP contribution is -2.73. The van der Waals surface area contributed by atoms with Gasteiger partial charge in [-0.3, -0.25) is 14.4 Å². The number of nitrogens with one attached hydrogen (secondary N) is 2. The third-order valence-corrected chi connectivity index (χ3v) is 8.83. The number of benzene rings is 2. The number of nitrogens with zero attached hydrogens (tertiary/aromatic N) is 2. The van der Waals surface area contributed by atoms with E-state index in [4.69, 9.17) is 5.73 Å². The molecule has 2 aromatic rings. The Morgan fingerprint density at radius 3 is 2.28 bits per heavy atom. The predicted octanol–water partition coefficient (Wildman–Crippen LogP) is 0.839. The molecule has 13 nitrogen and oxygen atoms in total. The van der Waals surface area contributed by atoms with E-state index in [2.05, 4.69) is 10.6 Å². The van der Waals surface area contributed by atoms with Gasteiger partial charge >= 0.3 is 6.03 Å². The van der Waals surface area contributed by atoms with E-state index in [9.17, 15) is 39.6 Å². The number of phenols is 1. The minimum absolute atomic E-state index is 0.00527. The fourth-order valence-electron chi connectivity index (χ4n) is 6.95. The molecule has 2 aromatic carbocycles. The first-order valence-electron chi connectivity index (χ1n) is 13.8. The maximum absolute atomic E-state index is 14.1. The molecule has 3 aliphatic rings. The number of anilines is 3. The number of nitrogens with two attached hydrogens (primary N) is 1. The van der Waals surface area contributed by atoms with Crippen LogP contribution in [0.5, 0.6) is 5.75 Å². The zero-order valence-corrected chi connectivity index (χ0v) is 24.2. The lowest BCUT2D eigenvalue weighted by Gasteiger charge is -2.53. The first-order valence-corrected chi connectivity index (χ1v) is 13.8. The highest BCUT2D eigenvalue weighted by Crippen LogP contribution is 2.54. The van der Waals surface area contributed by atoms with Crippen LogP contribution in [0.2, 0.25) is 0 Å². The SMILES string of the molecule is CN(C)c1cc(NC(=O)Nc2ccccc2)c(O)c2c1C[C@@H]1C[C@@H]3[C@@H](N(C)C)C(O)C(C(N)=O)C(=O)[C@]3(O)C(=O)C1=C2O. The number of para-hydroxylation sites is 1. The summed E-state index contributed by atoms with van der Waals surface area (Å²) in [4.78, 5) is 55.8. The molecule has 8 N–H and O–H groups in total. The summed E-state index contributed by atoms with van der Waals surface area (Å²) in [5.41, 5.74) is 3.75. The second-order valence-corrected chi connectivity index (χ2v) is 11.8. The number of amides is 3. The van der Waals surface area contributed by atoms with E-state index < -0.39 is 70.5 Å². The number of primary amides is 1. The van der Waals surface area contributed by atoms with Gasteiger partial charge in [0.15, 0.2) is 17.1 Å². The van der Waals surface area contributed by atoms with Gasteiger partial charge in [-0.15, -0.1) is 0 Å². The van der Waals surface area contributed by atoms with E-state index in [1.165, 1.54) is 4.90 Å². The average Bonchev–Trinajstić information content (AvgIpc) is 2.92. The van der Waals surface area contributed by atoms with Crippen molar-refractivity contribution in [3.05, 3.63) is 53.1 Å². The number of hydrogen-bond acceptors (Lipinski definition) is 10. The Labute approximate surface area is 247 Å². The number of phenolic OH excluding ortho intramolecular Hbond substituents is 1. The maximum atomic E-state index is 14.1. The Morgan fingerprint density at radius 1 is 1.05 bits per heavy atom. The molecule has 228 valence electrons. The molecule has 2 saturated carbocycles. The van der Waals surface area contributed by atoms with Crippen molar-refractivity contribution in [2.75, 3.05) is 43.7 Å². The van der Waals surface area contributed by atoms with Gasteiger partial charge in [0.1, 0.15) is 11.7 Å². The molecular weight excluding hydrogens is 558 g/mol. The Bertz CT molecular complexity index is 1560. The lowest BCUT2D eigenvalue weighted by molar-refractivity contribution is -0.184. The van der Waals surface area contributed by atoms with Gasteiger partial charge in [0.25, 0.3) is 0 Å². The van der Waals surface area contributed by atoms with Gasteiger partial charge in [-0.2, -0.15) is 0 Å². The van der Waals surface area contributed by atoms with E-state index in [0.29, 0.717) is 16.9 Å². The fraction of sp³-hybridized carbons (Fsp3) is 0.400. The quantitative estimate of drug-likeness (QED) is 0.192. The number of carbonyl (C=O) groups is 4. The smallest absolute Gasteiger partial charge is 0.323 e. The molecular formula is C30H35N5O8. The second-order valence-electron chi connectivity index (χ2n) is 11.8. The van der Waals surface area contributed by atoms with Crippen molar-refractivity contribution >= 4 is 46.3 Å². The van der Waals surface area contributed by atoms with Gasteiger partial charge in [0.05, 0.1) is 17.4 Å². The highest BCUT2D eigenvalue weighted by molar-refractivity contribution is 6.25. The van der Waals surface area contributed by atoms with Crippen molar-refractivity contribution in [3.8, 4) is 5.75 Å². The topological polar surface area (TPSA) is 206 Å². The normalized spacial score (nSPS) is 28.1. The summed E-state index contributed by atoms with van der Waals surface area (Å²) < 4.78 is 0. The first kappa shape index (κ1) is 30.0. The van der Waals surface area contributed by atoms with Gasteiger partial charge in [0.2, 0.25) is 11.7 Å². The molecule has 3 aliphatic carbocycles. The maximum Gasteiger partial charge on any atom is 0.323 e. The number of likely N-dealkylation sites (N-methyl/N-ethyl adjacent to an activating group) is 1. The fourth-order valence-corrected chi connectivity index (χ4v) is 6.95. The van der Waals surface area contributed by atoms with Crippen molar-refractivity contribution in [2.45, 2.75) is 30.6 Å². The number of Topliss-reactive ketones (excluding diaryl/α,β-unsaturated/α-hetero) is 2. The van der Waals surface area contributed by atoms with Gasteiger partial charge in [-0.25, -0.2) is 4.79 Å². The van der Waals surface area contributed by atoms with Crippen LogP contribution in [0, 0.1) is 17.8 Å². The molecule has 43 heavy (non-hydrogen) atoms. The Morgan fingerprint density at radius 2 is 1.70 bits per heavy atom. The van der Waals surface area contributed by atoms with Crippen molar-refractivity contribution in [1.29, 1.82) is 0 Å². The zero-order chi connectivity index (χ0) is 31.5. The van der Waals surface area contributed by atoms with Crippen LogP contribution >= 0.6 is 0 Å². The molecule has 0 spiro atoms. The summed E-state index contributed by atoms with van der Waals surface area (Å²) in [6.07, 6.45) is -1.43. The third-order valence-electron chi connectivity index (χ3n) is 8.83. The second kappa shape index (κ2) is 10.7. The molecule has 0 aliphatic heterocycles. The van der Waals surface area contributed by atoms with Crippen molar-refractivity contribution in [3.63, 3.8) is 0 Å². The standard InChI is InChI=1S/C30H35N5O8/c1-34(2)18-12-17(33-29(42)32-14-8-6-5-7-9-14)23(36)20-15(18)10-13-11-16-22(35(3)4)25(38)21(28(31)41)27(40)30(16,43)26(39)19(13)24(20)37/h5-9,12-13,16,21-22,25,36-38,43H,10-11H2,1-4H3,(H2,31,41)(H2,32,33,42)/t13-,16-,21?,22-,25?,30-/m1/s1. The first-order chi connectivity index (χ1) is 20.2. The van der Waals surface area contributed by atoms with Crippen LogP contribution in [-0.2, 0) is 20.8 Å². The number of ketones is 2. The minimum atomic E-state index is -2.75. The molecule has 0 radical (unpaired) electrons. The third kappa shape index (κ3) is 4.60. The summed E-state index contributed by atoms with van der Waals surface area (Å²) in [5.74, 6) is -8.34. The molecule has 0 saturated heterocycles. The van der Waals surface area contributed by atoms with Crippen LogP contribution in [0.15, 0.2) is 42.0 Å². The number of rotatable bonds is 5. The number of carbonyl (C=O) groups excluding carboxylic acids is 4. The Hall–Kier alpha value is -4.46. The van der Waals surface area contributed by atoms with Crippen LogP contribution in [0.3, 0.4) is 0 Å². The molecule has 5 rings (SSSR count). The summed E-state index contributed by atoms with van der Waals surface area (Å²) in [6, 6.07) is 8.51. The van der Waals surface area contributed by atoms with Gasteiger partial charge in [-0.05, 0) is 56.6 Å². The van der Waals surface area contributed by atoms with E-state index in [1.807, 2.05) is 0 Å². The summed E-state index contributed by atoms with van der Waals surface area (Å²) in [7, 11) is 6.67. The highest BCUT2D eigenvalue weighted by atomic mass is 16.3. The minimum Gasteiger partial charge on any atom is -0.507 e. The molecule has 0 bridgehead atoms. The van der Waals surface area contributed by atoms with Crippen LogP contribution < -0.4 is 21.3 Å². The zero-order valence-electron chi connectivity index (χ0n) is 24.2. The van der Waals surface area contributed by atoms with Crippen LogP contribution in [-0.4, -0.2) is 94.8 Å². The van der Waals surface area contributed by atoms with Crippen LogP contribution in [0.25, 0.3) is 5.76 Å². The summed E-state index contributed by atoms with van der Waals surface area (Å²) >= 11 is 0. The number of urea groups is 1. The van der Waals surface area contributed by atoms with E-state index in [1.54, 1.807) is 69.5 Å². The molecule has 0 heterocycles. The Balaban J connectivity index is 1.62. The summed E-state index contributed by atoms with van der Waals surface area (Å²) in [5, 5.41) is 50.9. The molecule has 2 fully saturated rings. The van der Waals surface area contributed by atoms with Crippen molar-refractivity contribution in [1.82, 2.24) is 4.90 Å². The molecule has 2 unspecified atom stereocenters. The van der Waals surface area contributed by atoms with E-state index >= 15 is 0 Å². The van der Waals surface area contributed by atoms with Crippen LogP contribution in [0.4, 0.5) is 21.9 Å². The number of aliphatic hydroxyl groups is 3.